The first-order valence-corrected chi connectivity index (χ1v) is 23.8. The molecule has 0 fully saturated rings. The van der Waals surface area contributed by atoms with Gasteiger partial charge in [-0.15, -0.1) is 0 Å². The standard InChI is InChI=1S/C49H89NO5/c1-4-7-10-12-16-23-32-47(33-24-17-13-11-8-5-2)55-49(53)35-26-19-15-21-28-41-50(42-43-51)40-27-20-14-18-25-34-48(52)54-44-29-31-46-38-36-45(37-39-46)30-22-9-6-3/h36-39,47,51H,4-35,40-44H2,1-3H3. The van der Waals surface area contributed by atoms with Crippen molar-refractivity contribution in [2.24, 2.45) is 0 Å². The van der Waals surface area contributed by atoms with Crippen molar-refractivity contribution in [3.05, 3.63) is 35.4 Å². The SMILES string of the molecule is CCCCCCCCC(CCCCCCCC)OC(=O)CCCCCCCN(CCO)CCCCCCCC(=O)OCCCc1ccc(CCCCC)cc1. The fourth-order valence-corrected chi connectivity index (χ4v) is 7.54. The maximum atomic E-state index is 12.7. The van der Waals surface area contributed by atoms with Crippen LogP contribution >= 0.6 is 0 Å². The zero-order chi connectivity index (χ0) is 39.9. The summed E-state index contributed by atoms with van der Waals surface area (Å²) in [6.07, 6.45) is 36.2. The molecule has 1 aromatic carbocycles. The molecule has 0 spiro atoms. The molecule has 0 atom stereocenters. The monoisotopic (exact) mass is 772 g/mol. The second-order valence-electron chi connectivity index (χ2n) is 16.4. The lowest BCUT2D eigenvalue weighted by Gasteiger charge is -2.21. The van der Waals surface area contributed by atoms with Gasteiger partial charge in [0.25, 0.3) is 0 Å². The molecular formula is C49H89NO5. The Hall–Kier alpha value is -1.92. The fourth-order valence-electron chi connectivity index (χ4n) is 7.54. The smallest absolute Gasteiger partial charge is 0.306 e. The summed E-state index contributed by atoms with van der Waals surface area (Å²) in [5.74, 6) is -0.0525. The van der Waals surface area contributed by atoms with Gasteiger partial charge in [-0.1, -0.05) is 161 Å². The largest absolute Gasteiger partial charge is 0.466 e. The lowest BCUT2D eigenvalue weighted by atomic mass is 10.0. The number of rotatable bonds is 41. The van der Waals surface area contributed by atoms with E-state index >= 15 is 0 Å². The van der Waals surface area contributed by atoms with Crippen LogP contribution in [0.2, 0.25) is 0 Å². The molecule has 320 valence electrons. The minimum absolute atomic E-state index is 0.0108. The van der Waals surface area contributed by atoms with Crippen molar-refractivity contribution in [3.8, 4) is 0 Å². The van der Waals surface area contributed by atoms with Gasteiger partial charge in [0, 0.05) is 19.4 Å². The van der Waals surface area contributed by atoms with Crippen LogP contribution in [0.1, 0.15) is 225 Å². The molecule has 1 rings (SSSR count). The Balaban J connectivity index is 2.09. The summed E-state index contributed by atoms with van der Waals surface area (Å²) in [4.78, 5) is 27.3. The normalized spacial score (nSPS) is 11.5. The van der Waals surface area contributed by atoms with E-state index in [1.54, 1.807) is 0 Å². The summed E-state index contributed by atoms with van der Waals surface area (Å²) in [7, 11) is 0. The van der Waals surface area contributed by atoms with Crippen LogP contribution in [-0.4, -0.2) is 60.9 Å². The van der Waals surface area contributed by atoms with Gasteiger partial charge >= 0.3 is 11.9 Å². The van der Waals surface area contributed by atoms with E-state index in [4.69, 9.17) is 9.47 Å². The number of benzene rings is 1. The molecule has 0 saturated carbocycles. The average molecular weight is 772 g/mol. The molecule has 0 heterocycles. The van der Waals surface area contributed by atoms with Crippen LogP contribution < -0.4 is 0 Å². The van der Waals surface area contributed by atoms with Gasteiger partial charge in [0.2, 0.25) is 0 Å². The quantitative estimate of drug-likeness (QED) is 0.0528. The van der Waals surface area contributed by atoms with Gasteiger partial charge in [0.15, 0.2) is 0 Å². The molecule has 0 bridgehead atoms. The summed E-state index contributed by atoms with van der Waals surface area (Å²) in [5, 5.41) is 9.58. The summed E-state index contributed by atoms with van der Waals surface area (Å²) in [5.41, 5.74) is 2.74. The molecule has 0 aromatic heterocycles. The number of aryl methyl sites for hydroxylation is 2. The van der Waals surface area contributed by atoms with Crippen molar-refractivity contribution < 1.29 is 24.2 Å². The van der Waals surface area contributed by atoms with E-state index in [2.05, 4.69) is 49.9 Å². The minimum atomic E-state index is -0.0634. The van der Waals surface area contributed by atoms with Crippen LogP contribution in [0.3, 0.4) is 0 Å². The molecule has 0 amide bonds. The first kappa shape index (κ1) is 51.1. The highest BCUT2D eigenvalue weighted by molar-refractivity contribution is 5.69. The van der Waals surface area contributed by atoms with Gasteiger partial charge in [0.05, 0.1) is 13.2 Å². The van der Waals surface area contributed by atoms with E-state index in [0.29, 0.717) is 19.4 Å². The highest BCUT2D eigenvalue weighted by atomic mass is 16.5. The van der Waals surface area contributed by atoms with E-state index < -0.39 is 0 Å². The Kier molecular flexibility index (Phi) is 36.2. The number of aliphatic hydroxyl groups is 1. The molecule has 6 nitrogen and oxygen atoms in total. The lowest BCUT2D eigenvalue weighted by molar-refractivity contribution is -0.150. The van der Waals surface area contributed by atoms with Crippen molar-refractivity contribution in [1.82, 2.24) is 4.90 Å². The molecule has 0 unspecified atom stereocenters. The van der Waals surface area contributed by atoms with Crippen LogP contribution in [0.5, 0.6) is 0 Å². The van der Waals surface area contributed by atoms with Gasteiger partial charge in [-0.25, -0.2) is 0 Å². The van der Waals surface area contributed by atoms with Crippen LogP contribution in [0, 0.1) is 0 Å². The molecule has 1 N–H and O–H groups in total. The predicted molar refractivity (Wildman–Crippen MR) is 234 cm³/mol. The van der Waals surface area contributed by atoms with Crippen LogP contribution in [0.25, 0.3) is 0 Å². The number of aliphatic hydroxyl groups excluding tert-OH is 1. The molecule has 0 aliphatic heterocycles. The Morgan fingerprint density at radius 3 is 1.44 bits per heavy atom. The highest BCUT2D eigenvalue weighted by Crippen LogP contribution is 2.19. The molecule has 0 saturated heterocycles. The molecule has 6 heteroatoms. The van der Waals surface area contributed by atoms with E-state index in [-0.39, 0.29) is 24.6 Å². The third kappa shape index (κ3) is 32.8. The Morgan fingerprint density at radius 2 is 0.927 bits per heavy atom. The van der Waals surface area contributed by atoms with Gasteiger partial charge in [0.1, 0.15) is 6.10 Å². The second kappa shape index (κ2) is 38.9. The lowest BCUT2D eigenvalue weighted by Crippen LogP contribution is -2.29. The topological polar surface area (TPSA) is 76.1 Å². The zero-order valence-electron chi connectivity index (χ0n) is 36.6. The van der Waals surface area contributed by atoms with Crippen LogP contribution in [0.15, 0.2) is 24.3 Å². The van der Waals surface area contributed by atoms with Crippen molar-refractivity contribution >= 4 is 11.9 Å². The highest BCUT2D eigenvalue weighted by Gasteiger charge is 2.14. The van der Waals surface area contributed by atoms with Crippen LogP contribution in [-0.2, 0) is 31.9 Å². The molecule has 0 aliphatic rings. The van der Waals surface area contributed by atoms with Gasteiger partial charge in [-0.05, 0) is 101 Å². The molecule has 1 aromatic rings. The Labute approximate surface area is 340 Å². The van der Waals surface area contributed by atoms with E-state index in [1.165, 1.54) is 107 Å². The second-order valence-corrected chi connectivity index (χ2v) is 16.4. The van der Waals surface area contributed by atoms with E-state index in [1.807, 2.05) is 0 Å². The number of esters is 2. The van der Waals surface area contributed by atoms with Gasteiger partial charge in [-0.2, -0.15) is 0 Å². The first-order valence-electron chi connectivity index (χ1n) is 23.8. The van der Waals surface area contributed by atoms with Crippen molar-refractivity contribution in [2.45, 2.75) is 232 Å². The summed E-state index contributed by atoms with van der Waals surface area (Å²) < 4.78 is 11.5. The summed E-state index contributed by atoms with van der Waals surface area (Å²) >= 11 is 0. The zero-order valence-corrected chi connectivity index (χ0v) is 36.6. The third-order valence-corrected chi connectivity index (χ3v) is 11.1. The fraction of sp³-hybridized carbons (Fsp3) is 0.837. The van der Waals surface area contributed by atoms with Gasteiger partial charge < -0.3 is 19.5 Å². The molecule has 0 aliphatic carbocycles. The van der Waals surface area contributed by atoms with Crippen molar-refractivity contribution in [2.75, 3.05) is 32.8 Å². The Morgan fingerprint density at radius 1 is 0.509 bits per heavy atom. The third-order valence-electron chi connectivity index (χ3n) is 11.1. The number of carbonyl (C=O) groups excluding carboxylic acids is 2. The number of ether oxygens (including phenoxy) is 2. The summed E-state index contributed by atoms with van der Waals surface area (Å²) in [6, 6.07) is 8.94. The van der Waals surface area contributed by atoms with Gasteiger partial charge in [-0.3, -0.25) is 9.59 Å². The van der Waals surface area contributed by atoms with E-state index in [0.717, 1.165) is 116 Å². The van der Waals surface area contributed by atoms with Crippen LogP contribution in [0.4, 0.5) is 0 Å². The summed E-state index contributed by atoms with van der Waals surface area (Å²) in [6.45, 7) is 10.3. The first-order chi connectivity index (χ1) is 27.0. The molecular weight excluding hydrogens is 683 g/mol. The maximum Gasteiger partial charge on any atom is 0.306 e. The van der Waals surface area contributed by atoms with Crippen molar-refractivity contribution in [1.29, 1.82) is 0 Å². The number of unbranched alkanes of at least 4 members (excludes halogenated alkanes) is 20. The predicted octanol–water partition coefficient (Wildman–Crippen LogP) is 13.3. The van der Waals surface area contributed by atoms with Crippen molar-refractivity contribution in [3.63, 3.8) is 0 Å². The maximum absolute atomic E-state index is 12.7. The average Bonchev–Trinajstić information content (AvgIpc) is 3.18. The minimum Gasteiger partial charge on any atom is -0.466 e. The molecule has 55 heavy (non-hydrogen) atoms. The number of carbonyl (C=O) groups is 2. The number of hydrogen-bond acceptors (Lipinski definition) is 6. The van der Waals surface area contributed by atoms with E-state index in [9.17, 15) is 14.7 Å². The number of nitrogens with zero attached hydrogens (tertiary/aromatic N) is 1. The Bertz CT molecular complexity index is 966. The number of hydrogen-bond donors (Lipinski definition) is 1. The molecule has 0 radical (unpaired) electrons.